The second-order valence-electron chi connectivity index (χ2n) is 15.4. The Morgan fingerprint density at radius 1 is 0.517 bits per heavy atom. The number of phosphoric ester groups is 1. The van der Waals surface area contributed by atoms with Crippen molar-refractivity contribution >= 4 is 19.8 Å². The lowest BCUT2D eigenvalue weighted by atomic mass is 10.1. The van der Waals surface area contributed by atoms with E-state index >= 15 is 0 Å². The van der Waals surface area contributed by atoms with Gasteiger partial charge in [-0.25, -0.2) is 4.57 Å². The predicted molar refractivity (Wildman–Crippen MR) is 247 cm³/mol. The fourth-order valence-electron chi connectivity index (χ4n) is 6.01. The van der Waals surface area contributed by atoms with Gasteiger partial charge in [-0.1, -0.05) is 164 Å². The fourth-order valence-corrected chi connectivity index (χ4v) is 6.80. The molecule has 0 aliphatic heterocycles. The molecule has 3 atom stereocenters. The molecule has 0 aromatic carbocycles. The molecule has 0 aromatic heterocycles. The van der Waals surface area contributed by atoms with Crippen LogP contribution < -0.4 is 0 Å². The van der Waals surface area contributed by atoms with Crippen LogP contribution in [0.1, 0.15) is 187 Å². The molecule has 0 heterocycles. The Morgan fingerprint density at radius 3 is 1.42 bits per heavy atom. The molecule has 0 aliphatic rings. The van der Waals surface area contributed by atoms with Crippen molar-refractivity contribution < 1.29 is 47.8 Å². The number of rotatable bonds is 43. The monoisotopic (exact) mass is 865 g/mol. The van der Waals surface area contributed by atoms with Gasteiger partial charge in [0, 0.05) is 12.8 Å². The lowest BCUT2D eigenvalue weighted by Crippen LogP contribution is -2.29. The number of hydrogen-bond acceptors (Lipinski definition) is 9. The van der Waals surface area contributed by atoms with Crippen LogP contribution in [-0.4, -0.2) is 65.7 Å². The van der Waals surface area contributed by atoms with Crippen LogP contribution in [0.3, 0.4) is 0 Å². The molecule has 0 bridgehead atoms. The zero-order valence-corrected chi connectivity index (χ0v) is 38.5. The summed E-state index contributed by atoms with van der Waals surface area (Å²) in [5.41, 5.74) is 0. The van der Waals surface area contributed by atoms with Gasteiger partial charge in [-0.05, 0) is 83.5 Å². The Kier molecular flexibility index (Phi) is 42.5. The highest BCUT2D eigenvalue weighted by Crippen LogP contribution is 2.43. The second kappa shape index (κ2) is 44.5. The van der Waals surface area contributed by atoms with Crippen LogP contribution in [0.25, 0.3) is 0 Å². The smallest absolute Gasteiger partial charge is 0.462 e. The van der Waals surface area contributed by atoms with Gasteiger partial charge in [-0.15, -0.1) is 0 Å². The van der Waals surface area contributed by atoms with Crippen LogP contribution in [-0.2, 0) is 32.7 Å². The van der Waals surface area contributed by atoms with E-state index in [1.54, 1.807) is 0 Å². The van der Waals surface area contributed by atoms with Crippen molar-refractivity contribution in [3.8, 4) is 0 Å². The standard InChI is InChI=1S/C49H85O10P/c1-3-5-7-9-11-13-15-17-19-21-23-25-27-29-31-33-35-37-39-41-49(53)59-47(45-58-60(54,55)57-43-46(51)42-50)44-56-48(52)40-38-36-34-32-30-28-26-24-22-20-18-16-14-12-10-8-6-4-2/h5,7,11,13,17,19-20,22-23,25,29,31,46-47,50-51H,3-4,6,8-10,12,14-16,18,21,24,26-28,30,32-45H2,1-2H3,(H,54,55)/b7-5-,13-11-,19-17-,22-20-,25-23-,31-29-. The number of ether oxygens (including phenoxy) is 2. The number of hydrogen-bond donors (Lipinski definition) is 3. The Labute approximate surface area is 365 Å². The summed E-state index contributed by atoms with van der Waals surface area (Å²) in [7, 11) is -4.63. The summed E-state index contributed by atoms with van der Waals surface area (Å²) in [6.45, 7) is 2.22. The zero-order chi connectivity index (χ0) is 44.0. The maximum atomic E-state index is 12.6. The molecule has 11 heteroatoms. The van der Waals surface area contributed by atoms with Crippen molar-refractivity contribution in [1.29, 1.82) is 0 Å². The summed E-state index contributed by atoms with van der Waals surface area (Å²) in [4.78, 5) is 35.1. The Morgan fingerprint density at radius 2 is 0.917 bits per heavy atom. The first-order valence-corrected chi connectivity index (χ1v) is 24.9. The van der Waals surface area contributed by atoms with Crippen molar-refractivity contribution in [2.45, 2.75) is 199 Å². The van der Waals surface area contributed by atoms with Crippen LogP contribution >= 0.6 is 7.82 Å². The van der Waals surface area contributed by atoms with Gasteiger partial charge in [-0.2, -0.15) is 0 Å². The highest BCUT2D eigenvalue weighted by molar-refractivity contribution is 7.47. The fraction of sp³-hybridized carbons (Fsp3) is 0.714. The molecule has 10 nitrogen and oxygen atoms in total. The third kappa shape index (κ3) is 43.5. The van der Waals surface area contributed by atoms with E-state index in [0.717, 1.165) is 77.0 Å². The molecule has 0 aliphatic carbocycles. The molecule has 0 rings (SSSR count). The van der Waals surface area contributed by atoms with Gasteiger partial charge < -0.3 is 24.6 Å². The number of unbranched alkanes of at least 4 members (excludes halogenated alkanes) is 17. The molecule has 0 saturated carbocycles. The van der Waals surface area contributed by atoms with Crippen LogP contribution in [0.4, 0.5) is 0 Å². The Balaban J connectivity index is 4.33. The Bertz CT molecular complexity index is 1220. The van der Waals surface area contributed by atoms with Crippen LogP contribution in [0.2, 0.25) is 0 Å². The third-order valence-corrected chi connectivity index (χ3v) is 10.5. The topological polar surface area (TPSA) is 149 Å². The van der Waals surface area contributed by atoms with Crippen molar-refractivity contribution in [2.75, 3.05) is 26.4 Å². The summed E-state index contributed by atoms with van der Waals surface area (Å²) in [5.74, 6) is -0.970. The first-order valence-electron chi connectivity index (χ1n) is 23.4. The van der Waals surface area contributed by atoms with Crippen molar-refractivity contribution in [1.82, 2.24) is 0 Å². The minimum absolute atomic E-state index is 0.141. The molecule has 60 heavy (non-hydrogen) atoms. The van der Waals surface area contributed by atoms with Crippen molar-refractivity contribution in [3.63, 3.8) is 0 Å². The summed E-state index contributed by atoms with van der Waals surface area (Å²) >= 11 is 0. The van der Waals surface area contributed by atoms with E-state index in [-0.39, 0.29) is 19.4 Å². The van der Waals surface area contributed by atoms with Crippen molar-refractivity contribution in [2.24, 2.45) is 0 Å². The quantitative estimate of drug-likeness (QED) is 0.0234. The second-order valence-corrected chi connectivity index (χ2v) is 16.8. The predicted octanol–water partition coefficient (Wildman–Crippen LogP) is 12.8. The number of carbonyl (C=O) groups excluding carboxylic acids is 2. The molecule has 346 valence electrons. The van der Waals surface area contributed by atoms with E-state index in [1.165, 1.54) is 70.6 Å². The van der Waals surface area contributed by atoms with Crippen LogP contribution in [0.15, 0.2) is 72.9 Å². The summed E-state index contributed by atoms with van der Waals surface area (Å²) in [6, 6.07) is 0. The molecule has 0 amide bonds. The number of esters is 2. The normalized spacial score (nSPS) is 14.4. The SMILES string of the molecule is CC/C=C\C/C=C\C/C=C\C/C=C\C/C=C\CCCCCC(=O)OC(COC(=O)CCCCCCCCC/C=C\CCCCCCCCC)COP(=O)(O)OCC(O)CO. The van der Waals surface area contributed by atoms with E-state index < -0.39 is 51.8 Å². The summed E-state index contributed by atoms with van der Waals surface area (Å²) in [6.07, 6.45) is 51.5. The Hall–Kier alpha value is -2.59. The number of carbonyl (C=O) groups is 2. The average Bonchev–Trinajstić information content (AvgIpc) is 3.24. The third-order valence-electron chi connectivity index (χ3n) is 9.59. The molecule has 3 N–H and O–H groups in total. The molecule has 0 fully saturated rings. The lowest BCUT2D eigenvalue weighted by Gasteiger charge is -2.20. The average molecular weight is 865 g/mol. The first-order chi connectivity index (χ1) is 29.2. The molecule has 3 unspecified atom stereocenters. The lowest BCUT2D eigenvalue weighted by molar-refractivity contribution is -0.161. The largest absolute Gasteiger partial charge is 0.472 e. The van der Waals surface area contributed by atoms with Gasteiger partial charge in [0.2, 0.25) is 0 Å². The minimum atomic E-state index is -4.63. The van der Waals surface area contributed by atoms with E-state index in [2.05, 4.69) is 86.8 Å². The summed E-state index contributed by atoms with van der Waals surface area (Å²) in [5, 5.41) is 18.4. The van der Waals surface area contributed by atoms with Crippen LogP contribution in [0, 0.1) is 0 Å². The van der Waals surface area contributed by atoms with Crippen LogP contribution in [0.5, 0.6) is 0 Å². The van der Waals surface area contributed by atoms with E-state index in [9.17, 15) is 24.2 Å². The minimum Gasteiger partial charge on any atom is -0.462 e. The van der Waals surface area contributed by atoms with E-state index in [1.807, 2.05) is 0 Å². The maximum absolute atomic E-state index is 12.6. The van der Waals surface area contributed by atoms with Gasteiger partial charge in [0.1, 0.15) is 12.7 Å². The highest BCUT2D eigenvalue weighted by Gasteiger charge is 2.27. The maximum Gasteiger partial charge on any atom is 0.472 e. The molecular formula is C49H85O10P. The number of phosphoric acid groups is 1. The van der Waals surface area contributed by atoms with Crippen molar-refractivity contribution in [3.05, 3.63) is 72.9 Å². The number of allylic oxidation sites excluding steroid dienone is 12. The first kappa shape index (κ1) is 57.4. The van der Waals surface area contributed by atoms with E-state index in [0.29, 0.717) is 12.8 Å². The summed E-state index contributed by atoms with van der Waals surface area (Å²) < 4.78 is 32.8. The van der Waals surface area contributed by atoms with E-state index in [4.69, 9.17) is 23.6 Å². The molecule has 0 spiro atoms. The van der Waals surface area contributed by atoms with Gasteiger partial charge in [-0.3, -0.25) is 18.6 Å². The van der Waals surface area contributed by atoms with Gasteiger partial charge in [0.25, 0.3) is 0 Å². The van der Waals surface area contributed by atoms with Gasteiger partial charge in [0.05, 0.1) is 19.8 Å². The highest BCUT2D eigenvalue weighted by atomic mass is 31.2. The molecular weight excluding hydrogens is 780 g/mol. The zero-order valence-electron chi connectivity index (χ0n) is 37.6. The van der Waals surface area contributed by atoms with Gasteiger partial charge >= 0.3 is 19.8 Å². The molecule has 0 radical (unpaired) electrons. The molecule has 0 aromatic rings. The molecule has 0 saturated heterocycles. The number of aliphatic hydroxyl groups excluding tert-OH is 2. The number of aliphatic hydroxyl groups is 2. The van der Waals surface area contributed by atoms with Gasteiger partial charge in [0.15, 0.2) is 6.10 Å².